The predicted molar refractivity (Wildman–Crippen MR) is 131 cm³/mol. The smallest absolute Gasteiger partial charge is 0.461 e. The lowest BCUT2D eigenvalue weighted by Gasteiger charge is -2.37. The zero-order chi connectivity index (χ0) is 25.3. The first-order valence-corrected chi connectivity index (χ1v) is 13.1. The highest BCUT2D eigenvalue weighted by atomic mass is 79.9. The maximum Gasteiger partial charge on any atom is 0.461 e. The molecule has 3 N–H and O–H groups in total. The lowest BCUT2D eigenvalue weighted by atomic mass is 9.81. The minimum atomic E-state index is -3.96. The summed E-state index contributed by atoms with van der Waals surface area (Å²) in [6, 6.07) is 5.74. The molecule has 1 aromatic carbocycles. The van der Waals surface area contributed by atoms with E-state index in [1.165, 1.54) is 21.1 Å². The minimum Gasteiger partial charge on any atom is -0.480 e. The summed E-state index contributed by atoms with van der Waals surface area (Å²) in [5.74, 6) is -0.343. The Bertz CT molecular complexity index is 1270. The van der Waals surface area contributed by atoms with Gasteiger partial charge >= 0.3 is 13.7 Å². The number of nitrogens with zero attached hydrogens (tertiary/aromatic N) is 5. The Morgan fingerprint density at radius 3 is 2.66 bits per heavy atom. The lowest BCUT2D eigenvalue weighted by molar-refractivity contribution is -0.140. The average molecular weight is 569 g/mol. The average Bonchev–Trinajstić information content (AvgIpc) is 3.21. The second kappa shape index (κ2) is 10.1. The number of carbonyl (C=O) groups is 1. The van der Waals surface area contributed by atoms with Gasteiger partial charge in [-0.3, -0.25) is 9.32 Å². The monoisotopic (exact) mass is 568 g/mol. The van der Waals surface area contributed by atoms with Gasteiger partial charge in [0.2, 0.25) is 11.8 Å². The van der Waals surface area contributed by atoms with Crippen molar-refractivity contribution in [2.75, 3.05) is 26.5 Å². The fourth-order valence-electron chi connectivity index (χ4n) is 3.76. The number of rotatable bonds is 10. The van der Waals surface area contributed by atoms with Crippen LogP contribution in [0.15, 0.2) is 35.1 Å². The molecule has 4 rings (SSSR count). The van der Waals surface area contributed by atoms with Gasteiger partial charge in [0.25, 0.3) is 0 Å². The van der Waals surface area contributed by atoms with E-state index in [-0.39, 0.29) is 24.5 Å². The van der Waals surface area contributed by atoms with Crippen molar-refractivity contribution >= 4 is 46.8 Å². The van der Waals surface area contributed by atoms with Crippen molar-refractivity contribution in [1.29, 1.82) is 0 Å². The summed E-state index contributed by atoms with van der Waals surface area (Å²) in [7, 11) is -1.05. The lowest BCUT2D eigenvalue weighted by Crippen LogP contribution is -2.36. The van der Waals surface area contributed by atoms with Gasteiger partial charge in [0.05, 0.1) is 20.0 Å². The van der Waals surface area contributed by atoms with Crippen molar-refractivity contribution in [2.45, 2.75) is 31.8 Å². The number of methoxy groups -OCH3 is 1. The molecule has 2 unspecified atom stereocenters. The first kappa shape index (κ1) is 25.4. The van der Waals surface area contributed by atoms with E-state index in [2.05, 4.69) is 30.9 Å². The van der Waals surface area contributed by atoms with Crippen molar-refractivity contribution in [3.8, 4) is 11.6 Å². The summed E-state index contributed by atoms with van der Waals surface area (Å²) in [5.41, 5.74) is 6.91. The normalized spacial score (nSPS) is 20.3. The van der Waals surface area contributed by atoms with Crippen LogP contribution >= 0.6 is 23.7 Å². The molecule has 1 saturated carbocycles. The molecule has 0 aliphatic heterocycles. The number of fused-ring (bicyclic) bond motifs is 1. The molecule has 2 heterocycles. The van der Waals surface area contributed by atoms with E-state index in [0.717, 1.165) is 9.14 Å². The molecule has 35 heavy (non-hydrogen) atoms. The van der Waals surface area contributed by atoms with Gasteiger partial charge in [-0.05, 0) is 57.0 Å². The number of aliphatic carboxylic acids is 1. The van der Waals surface area contributed by atoms with E-state index in [9.17, 15) is 14.5 Å². The number of carboxylic acid groups (broad SMARTS) is 1. The van der Waals surface area contributed by atoms with Crippen LogP contribution in [0, 0.1) is 5.92 Å². The van der Waals surface area contributed by atoms with Gasteiger partial charge < -0.3 is 24.7 Å². The van der Waals surface area contributed by atoms with Crippen molar-refractivity contribution in [1.82, 2.24) is 24.2 Å². The SMILES string of the molecule is COc1nc(N)nc2c1ncn2C1CC(COP(=O)(Oc2ccc(Br)cc2)N(C)C(C)C(=O)O)C1. The Balaban J connectivity index is 1.45. The Kier molecular flexibility index (Phi) is 7.32. The number of hydrogen-bond acceptors (Lipinski definition) is 9. The van der Waals surface area contributed by atoms with Crippen LogP contribution in [0.2, 0.25) is 0 Å². The summed E-state index contributed by atoms with van der Waals surface area (Å²) in [5, 5.41) is 9.42. The van der Waals surface area contributed by atoms with E-state index in [1.54, 1.807) is 30.6 Å². The molecule has 1 fully saturated rings. The largest absolute Gasteiger partial charge is 0.480 e. The van der Waals surface area contributed by atoms with Crippen LogP contribution in [0.5, 0.6) is 11.6 Å². The second-order valence-electron chi connectivity index (χ2n) is 8.30. The third-order valence-electron chi connectivity index (χ3n) is 6.02. The van der Waals surface area contributed by atoms with E-state index >= 15 is 0 Å². The highest BCUT2D eigenvalue weighted by Crippen LogP contribution is 2.54. The van der Waals surface area contributed by atoms with Crippen LogP contribution in [0.25, 0.3) is 11.2 Å². The highest BCUT2D eigenvalue weighted by Gasteiger charge is 2.41. The molecule has 0 spiro atoms. The third kappa shape index (κ3) is 5.27. The zero-order valence-electron chi connectivity index (χ0n) is 19.4. The first-order valence-electron chi connectivity index (χ1n) is 10.8. The fraction of sp³-hybridized carbons (Fsp3) is 0.429. The molecular formula is C21H26BrN6O6P. The predicted octanol–water partition coefficient (Wildman–Crippen LogP) is 3.74. The minimum absolute atomic E-state index is 0.0777. The third-order valence-corrected chi connectivity index (χ3v) is 8.58. The molecule has 0 bridgehead atoms. The molecule has 0 amide bonds. The molecule has 14 heteroatoms. The van der Waals surface area contributed by atoms with E-state index < -0.39 is 19.8 Å². The zero-order valence-corrected chi connectivity index (χ0v) is 21.8. The maximum absolute atomic E-state index is 13.7. The molecular weight excluding hydrogens is 543 g/mol. The number of anilines is 1. The van der Waals surface area contributed by atoms with Crippen LogP contribution < -0.4 is 15.0 Å². The fourth-order valence-corrected chi connectivity index (χ4v) is 5.70. The van der Waals surface area contributed by atoms with Crippen molar-refractivity contribution in [2.24, 2.45) is 5.92 Å². The van der Waals surface area contributed by atoms with Gasteiger partial charge in [0.15, 0.2) is 11.2 Å². The molecule has 12 nitrogen and oxygen atoms in total. The highest BCUT2D eigenvalue weighted by molar-refractivity contribution is 9.10. The number of halogens is 1. The number of carboxylic acids is 1. The molecule has 3 aromatic rings. The Hall–Kier alpha value is -2.73. The molecule has 1 aliphatic carbocycles. The van der Waals surface area contributed by atoms with Gasteiger partial charge in [-0.15, -0.1) is 0 Å². The topological polar surface area (TPSA) is 155 Å². The van der Waals surface area contributed by atoms with Gasteiger partial charge in [-0.25, -0.2) is 9.55 Å². The summed E-state index contributed by atoms with van der Waals surface area (Å²) < 4.78 is 34.3. The van der Waals surface area contributed by atoms with E-state index in [0.29, 0.717) is 35.6 Å². The van der Waals surface area contributed by atoms with Crippen LogP contribution in [-0.4, -0.2) is 62.1 Å². The number of nitrogens with two attached hydrogens (primary N) is 1. The van der Waals surface area contributed by atoms with Gasteiger partial charge in [0.1, 0.15) is 11.8 Å². The van der Waals surface area contributed by atoms with Gasteiger partial charge in [-0.2, -0.15) is 14.6 Å². The van der Waals surface area contributed by atoms with Crippen LogP contribution in [0.1, 0.15) is 25.8 Å². The summed E-state index contributed by atoms with van der Waals surface area (Å²) in [4.78, 5) is 24.2. The molecule has 0 saturated heterocycles. The molecule has 2 aromatic heterocycles. The summed E-state index contributed by atoms with van der Waals surface area (Å²) in [6.45, 7) is 1.56. The first-order chi connectivity index (χ1) is 16.6. The van der Waals surface area contributed by atoms with Crippen LogP contribution in [0.4, 0.5) is 5.95 Å². The Morgan fingerprint density at radius 1 is 1.34 bits per heavy atom. The summed E-state index contributed by atoms with van der Waals surface area (Å²) >= 11 is 3.34. The van der Waals surface area contributed by atoms with Crippen LogP contribution in [0.3, 0.4) is 0 Å². The number of aromatic nitrogens is 4. The van der Waals surface area contributed by atoms with Crippen molar-refractivity contribution in [3.63, 3.8) is 0 Å². The van der Waals surface area contributed by atoms with Crippen molar-refractivity contribution in [3.05, 3.63) is 35.1 Å². The molecule has 2 atom stereocenters. The van der Waals surface area contributed by atoms with Gasteiger partial charge in [-0.1, -0.05) is 15.9 Å². The number of likely N-dealkylation sites (N-methyl/N-ethyl adjacent to an activating group) is 1. The molecule has 1 aliphatic rings. The standard InChI is InChI=1S/C21H26BrN6O6P/c1-12(20(29)30)27(2)35(31,34-16-6-4-14(22)5-7-16)33-10-13-8-15(9-13)28-11-24-17-18(28)25-21(23)26-19(17)32-3/h4-7,11-13,15H,8-10H2,1-3H3,(H,29,30)(H2,23,25,26). The Morgan fingerprint density at radius 2 is 2.03 bits per heavy atom. The second-order valence-corrected chi connectivity index (χ2v) is 11.2. The quantitative estimate of drug-likeness (QED) is 0.343. The van der Waals surface area contributed by atoms with Gasteiger partial charge in [0, 0.05) is 10.5 Å². The number of nitrogen functional groups attached to an aromatic ring is 1. The van der Waals surface area contributed by atoms with E-state index in [4.69, 9.17) is 19.5 Å². The number of imidazole rings is 1. The van der Waals surface area contributed by atoms with E-state index in [1.807, 2.05) is 4.57 Å². The Labute approximate surface area is 210 Å². The summed E-state index contributed by atoms with van der Waals surface area (Å²) in [6.07, 6.45) is 3.11. The number of hydrogen-bond donors (Lipinski definition) is 2. The van der Waals surface area contributed by atoms with Crippen molar-refractivity contribution < 1.29 is 28.3 Å². The molecule has 0 radical (unpaired) electrons. The number of ether oxygens (including phenoxy) is 1. The number of benzene rings is 1. The molecule has 188 valence electrons. The maximum atomic E-state index is 13.7. The van der Waals surface area contributed by atoms with Crippen LogP contribution in [-0.2, 0) is 13.9 Å².